The zero-order chi connectivity index (χ0) is 12.6. The summed E-state index contributed by atoms with van der Waals surface area (Å²) in [6.45, 7) is 3.05. The molecule has 0 atom stereocenters. The molecular weight excluding hydrogens is 228 g/mol. The summed E-state index contributed by atoms with van der Waals surface area (Å²) in [6, 6.07) is 4.68. The van der Waals surface area contributed by atoms with Crippen LogP contribution in [0.4, 0.5) is 0 Å². The first-order valence-corrected chi connectivity index (χ1v) is 6.67. The fourth-order valence-corrected chi connectivity index (χ4v) is 2.64. The van der Waals surface area contributed by atoms with Crippen LogP contribution in [0.15, 0.2) is 23.1 Å². The molecule has 4 nitrogen and oxygen atoms in total. The molecule has 0 aliphatic carbocycles. The second-order valence-electron chi connectivity index (χ2n) is 4.16. The standard InChI is InChI=1S/C11H16O4S/c1-11(2,12)10-8(15-3)6-5-7-9(10)16(4,13)14/h5-7,12H,1-4H3. The molecular formula is C11H16O4S. The molecule has 0 bridgehead atoms. The van der Waals surface area contributed by atoms with E-state index in [2.05, 4.69) is 0 Å². The molecule has 5 heteroatoms. The van der Waals surface area contributed by atoms with Crippen LogP contribution in [0.25, 0.3) is 0 Å². The number of hydrogen-bond donors (Lipinski definition) is 1. The molecule has 0 fully saturated rings. The molecule has 1 N–H and O–H groups in total. The molecule has 0 aromatic heterocycles. The van der Waals surface area contributed by atoms with Crippen molar-refractivity contribution >= 4 is 9.84 Å². The number of sulfone groups is 1. The zero-order valence-corrected chi connectivity index (χ0v) is 10.6. The molecule has 0 saturated heterocycles. The third kappa shape index (κ3) is 2.54. The smallest absolute Gasteiger partial charge is 0.176 e. The molecule has 0 spiro atoms. The van der Waals surface area contributed by atoms with Gasteiger partial charge in [-0.1, -0.05) is 6.07 Å². The largest absolute Gasteiger partial charge is 0.496 e. The lowest BCUT2D eigenvalue weighted by molar-refractivity contribution is 0.0724. The van der Waals surface area contributed by atoms with E-state index in [1.54, 1.807) is 12.1 Å². The molecule has 0 unspecified atom stereocenters. The Kier molecular flexibility index (Phi) is 3.30. The van der Waals surface area contributed by atoms with E-state index >= 15 is 0 Å². The topological polar surface area (TPSA) is 63.6 Å². The fourth-order valence-electron chi connectivity index (χ4n) is 1.59. The van der Waals surface area contributed by atoms with Gasteiger partial charge in [0, 0.05) is 11.8 Å². The minimum absolute atomic E-state index is 0.0966. The van der Waals surface area contributed by atoms with Crippen molar-refractivity contribution in [1.82, 2.24) is 0 Å². The zero-order valence-electron chi connectivity index (χ0n) is 9.81. The van der Waals surface area contributed by atoms with Gasteiger partial charge in [0.1, 0.15) is 5.75 Å². The van der Waals surface area contributed by atoms with Gasteiger partial charge in [-0.2, -0.15) is 0 Å². The highest BCUT2D eigenvalue weighted by Crippen LogP contribution is 2.34. The van der Waals surface area contributed by atoms with Crippen LogP contribution in [0.1, 0.15) is 19.4 Å². The Balaban J connectivity index is 3.64. The maximum Gasteiger partial charge on any atom is 0.176 e. The van der Waals surface area contributed by atoms with Gasteiger partial charge in [0.25, 0.3) is 0 Å². The van der Waals surface area contributed by atoms with E-state index in [0.717, 1.165) is 6.26 Å². The highest BCUT2D eigenvalue weighted by atomic mass is 32.2. The van der Waals surface area contributed by atoms with E-state index in [4.69, 9.17) is 4.74 Å². The summed E-state index contributed by atoms with van der Waals surface area (Å²) in [5.74, 6) is 0.371. The maximum absolute atomic E-state index is 11.6. The number of aliphatic hydroxyl groups is 1. The van der Waals surface area contributed by atoms with Crippen LogP contribution in [-0.2, 0) is 15.4 Å². The Morgan fingerprint density at radius 1 is 1.31 bits per heavy atom. The predicted molar refractivity (Wildman–Crippen MR) is 61.3 cm³/mol. The Hall–Kier alpha value is -1.07. The van der Waals surface area contributed by atoms with Crippen molar-refractivity contribution in [3.05, 3.63) is 23.8 Å². The van der Waals surface area contributed by atoms with Gasteiger partial charge in [-0.25, -0.2) is 8.42 Å². The lowest BCUT2D eigenvalue weighted by Crippen LogP contribution is -2.20. The van der Waals surface area contributed by atoms with E-state index in [1.165, 1.54) is 27.0 Å². The van der Waals surface area contributed by atoms with Gasteiger partial charge in [-0.15, -0.1) is 0 Å². The highest BCUT2D eigenvalue weighted by Gasteiger charge is 2.28. The van der Waals surface area contributed by atoms with E-state index < -0.39 is 15.4 Å². The van der Waals surface area contributed by atoms with Gasteiger partial charge >= 0.3 is 0 Å². The Morgan fingerprint density at radius 3 is 2.25 bits per heavy atom. The molecule has 0 saturated carbocycles. The molecule has 0 heterocycles. The molecule has 1 rings (SSSR count). The lowest BCUT2D eigenvalue weighted by Gasteiger charge is -2.23. The van der Waals surface area contributed by atoms with Crippen molar-refractivity contribution in [2.75, 3.05) is 13.4 Å². The molecule has 0 aliphatic rings. The number of methoxy groups -OCH3 is 1. The minimum Gasteiger partial charge on any atom is -0.496 e. The van der Waals surface area contributed by atoms with Crippen molar-refractivity contribution in [3.8, 4) is 5.75 Å². The lowest BCUT2D eigenvalue weighted by atomic mass is 9.97. The van der Waals surface area contributed by atoms with Crippen molar-refractivity contribution in [2.24, 2.45) is 0 Å². The summed E-state index contributed by atoms with van der Waals surface area (Å²) in [5.41, 5.74) is -0.981. The monoisotopic (exact) mass is 244 g/mol. The normalized spacial score (nSPS) is 12.6. The summed E-state index contributed by atoms with van der Waals surface area (Å²) in [6.07, 6.45) is 1.11. The summed E-state index contributed by atoms with van der Waals surface area (Å²) in [5, 5.41) is 10.0. The molecule has 1 aromatic rings. The molecule has 0 radical (unpaired) electrons. The Labute approximate surface area is 95.8 Å². The first kappa shape index (κ1) is 13.0. The second kappa shape index (κ2) is 4.07. The van der Waals surface area contributed by atoms with Crippen LogP contribution in [-0.4, -0.2) is 26.9 Å². The van der Waals surface area contributed by atoms with Crippen molar-refractivity contribution in [2.45, 2.75) is 24.3 Å². The van der Waals surface area contributed by atoms with Gasteiger partial charge in [0.15, 0.2) is 9.84 Å². The SMILES string of the molecule is COc1cccc(S(C)(=O)=O)c1C(C)(C)O. The van der Waals surface area contributed by atoms with E-state index in [9.17, 15) is 13.5 Å². The van der Waals surface area contributed by atoms with Crippen LogP contribution in [0.2, 0.25) is 0 Å². The highest BCUT2D eigenvalue weighted by molar-refractivity contribution is 7.90. The molecule has 0 amide bonds. The van der Waals surface area contributed by atoms with E-state index in [0.29, 0.717) is 11.3 Å². The number of benzene rings is 1. The summed E-state index contributed by atoms with van der Waals surface area (Å²) in [4.78, 5) is 0.0966. The second-order valence-corrected chi connectivity index (χ2v) is 6.15. The first-order chi connectivity index (χ1) is 7.18. The molecule has 1 aromatic carbocycles. The Bertz CT molecular complexity index is 483. The summed E-state index contributed by atoms with van der Waals surface area (Å²) >= 11 is 0. The average Bonchev–Trinajstić information content (AvgIpc) is 2.13. The van der Waals surface area contributed by atoms with Crippen molar-refractivity contribution in [3.63, 3.8) is 0 Å². The van der Waals surface area contributed by atoms with Gasteiger partial charge in [-0.05, 0) is 26.0 Å². The molecule has 90 valence electrons. The summed E-state index contributed by atoms with van der Waals surface area (Å²) in [7, 11) is -1.95. The average molecular weight is 244 g/mol. The van der Waals surface area contributed by atoms with Gasteiger partial charge in [0.2, 0.25) is 0 Å². The predicted octanol–water partition coefficient (Wildman–Crippen LogP) is 1.33. The third-order valence-electron chi connectivity index (χ3n) is 2.22. The third-order valence-corrected chi connectivity index (χ3v) is 3.36. The Morgan fingerprint density at radius 2 is 1.88 bits per heavy atom. The van der Waals surface area contributed by atoms with Gasteiger partial charge in [0.05, 0.1) is 17.6 Å². The molecule has 16 heavy (non-hydrogen) atoms. The van der Waals surface area contributed by atoms with Crippen LogP contribution in [0.3, 0.4) is 0 Å². The van der Waals surface area contributed by atoms with Crippen LogP contribution < -0.4 is 4.74 Å². The minimum atomic E-state index is -3.39. The quantitative estimate of drug-likeness (QED) is 0.871. The van der Waals surface area contributed by atoms with Crippen LogP contribution >= 0.6 is 0 Å². The van der Waals surface area contributed by atoms with Crippen LogP contribution in [0, 0.1) is 0 Å². The van der Waals surface area contributed by atoms with E-state index in [-0.39, 0.29) is 4.90 Å². The van der Waals surface area contributed by atoms with E-state index in [1.807, 2.05) is 0 Å². The number of ether oxygens (including phenoxy) is 1. The van der Waals surface area contributed by atoms with Crippen molar-refractivity contribution in [1.29, 1.82) is 0 Å². The fraction of sp³-hybridized carbons (Fsp3) is 0.455. The van der Waals surface area contributed by atoms with Gasteiger partial charge < -0.3 is 9.84 Å². The van der Waals surface area contributed by atoms with Gasteiger partial charge in [-0.3, -0.25) is 0 Å². The summed E-state index contributed by atoms with van der Waals surface area (Å²) < 4.78 is 28.3. The maximum atomic E-state index is 11.6. The molecule has 0 aliphatic heterocycles. The van der Waals surface area contributed by atoms with Crippen molar-refractivity contribution < 1.29 is 18.3 Å². The number of hydrogen-bond acceptors (Lipinski definition) is 4. The first-order valence-electron chi connectivity index (χ1n) is 4.78. The van der Waals surface area contributed by atoms with Crippen LogP contribution in [0.5, 0.6) is 5.75 Å². The number of rotatable bonds is 3.